The second-order valence-electron chi connectivity index (χ2n) is 6.40. The van der Waals surface area contributed by atoms with Crippen molar-refractivity contribution in [1.82, 2.24) is 25.2 Å². The molecule has 24 heavy (non-hydrogen) atoms. The van der Waals surface area contributed by atoms with E-state index in [1.807, 2.05) is 10.9 Å². The Bertz CT molecular complexity index is 638. The molecule has 0 saturated carbocycles. The van der Waals surface area contributed by atoms with Crippen LogP contribution >= 0.6 is 0 Å². The summed E-state index contributed by atoms with van der Waals surface area (Å²) in [6.07, 6.45) is 7.05. The Morgan fingerprint density at radius 1 is 1.42 bits per heavy atom. The molecule has 1 N–H and O–H groups in total. The number of rotatable bonds is 8. The first-order chi connectivity index (χ1) is 11.7. The first-order valence-electron chi connectivity index (χ1n) is 8.91. The fourth-order valence-electron chi connectivity index (χ4n) is 3.09. The SMILES string of the molecule is CCCc1noc([C@H](C)NC[C@@H]2CCO[C@H]2c2cnn(CC)c2)n1. The predicted octanol–water partition coefficient (Wildman–Crippen LogP) is 2.67. The standard InChI is InChI=1S/C17H27N5O2/c1-4-6-15-20-17(24-21-15)12(3)18-9-13-7-8-23-16(13)14-10-19-22(5-2)11-14/h10-13,16,18H,4-9H2,1-3H3/t12-,13-,16+/m0/s1. The zero-order valence-corrected chi connectivity index (χ0v) is 14.7. The third kappa shape index (κ3) is 3.84. The molecule has 0 aromatic carbocycles. The van der Waals surface area contributed by atoms with E-state index in [9.17, 15) is 0 Å². The van der Waals surface area contributed by atoms with Crippen LogP contribution in [0.1, 0.15) is 63.0 Å². The van der Waals surface area contributed by atoms with Gasteiger partial charge in [0.05, 0.1) is 18.3 Å². The van der Waals surface area contributed by atoms with Gasteiger partial charge in [-0.3, -0.25) is 4.68 Å². The molecule has 1 aliphatic heterocycles. The van der Waals surface area contributed by atoms with Crippen molar-refractivity contribution < 1.29 is 9.26 Å². The molecule has 1 fully saturated rings. The summed E-state index contributed by atoms with van der Waals surface area (Å²) in [6, 6.07) is 0.0442. The van der Waals surface area contributed by atoms with E-state index in [2.05, 4.69) is 47.5 Å². The van der Waals surface area contributed by atoms with Gasteiger partial charge in [0.15, 0.2) is 5.82 Å². The second-order valence-corrected chi connectivity index (χ2v) is 6.40. The number of hydrogen-bond acceptors (Lipinski definition) is 6. The Labute approximate surface area is 142 Å². The van der Waals surface area contributed by atoms with E-state index in [0.29, 0.717) is 11.8 Å². The highest BCUT2D eigenvalue weighted by Crippen LogP contribution is 2.34. The quantitative estimate of drug-likeness (QED) is 0.800. The minimum Gasteiger partial charge on any atom is -0.373 e. The van der Waals surface area contributed by atoms with E-state index in [1.165, 1.54) is 0 Å². The van der Waals surface area contributed by atoms with Gasteiger partial charge in [0.1, 0.15) is 0 Å². The Kier molecular flexibility index (Phi) is 5.63. The maximum absolute atomic E-state index is 5.94. The van der Waals surface area contributed by atoms with E-state index >= 15 is 0 Å². The van der Waals surface area contributed by atoms with Crippen LogP contribution in [-0.2, 0) is 17.7 Å². The van der Waals surface area contributed by atoms with Crippen LogP contribution in [-0.4, -0.2) is 33.1 Å². The van der Waals surface area contributed by atoms with Crippen LogP contribution in [0.3, 0.4) is 0 Å². The molecule has 0 radical (unpaired) electrons. The average Bonchev–Trinajstić information content (AvgIpc) is 3.32. The summed E-state index contributed by atoms with van der Waals surface area (Å²) in [5.74, 6) is 1.88. The minimum atomic E-state index is 0.0442. The van der Waals surface area contributed by atoms with E-state index < -0.39 is 0 Å². The molecular formula is C17H27N5O2. The van der Waals surface area contributed by atoms with Gasteiger partial charge in [0.25, 0.3) is 0 Å². The largest absolute Gasteiger partial charge is 0.373 e. The van der Waals surface area contributed by atoms with Crippen molar-refractivity contribution in [1.29, 1.82) is 0 Å². The highest BCUT2D eigenvalue weighted by molar-refractivity contribution is 5.11. The zero-order chi connectivity index (χ0) is 16.9. The molecule has 2 aromatic heterocycles. The molecule has 7 heteroatoms. The second kappa shape index (κ2) is 7.90. The van der Waals surface area contributed by atoms with Gasteiger partial charge in [0.2, 0.25) is 5.89 Å². The van der Waals surface area contributed by atoms with Crippen LogP contribution in [0.4, 0.5) is 0 Å². The summed E-state index contributed by atoms with van der Waals surface area (Å²) in [5, 5.41) is 11.9. The molecule has 3 rings (SSSR count). The van der Waals surface area contributed by atoms with Gasteiger partial charge in [-0.15, -0.1) is 0 Å². The third-order valence-corrected chi connectivity index (χ3v) is 4.53. The van der Waals surface area contributed by atoms with Crippen molar-refractivity contribution in [3.8, 4) is 0 Å². The molecule has 2 aromatic rings. The van der Waals surface area contributed by atoms with Gasteiger partial charge in [-0.05, 0) is 26.7 Å². The lowest BCUT2D eigenvalue weighted by Crippen LogP contribution is -2.27. The molecular weight excluding hydrogens is 306 g/mol. The minimum absolute atomic E-state index is 0.0442. The summed E-state index contributed by atoms with van der Waals surface area (Å²) >= 11 is 0. The van der Waals surface area contributed by atoms with Crippen LogP contribution < -0.4 is 5.32 Å². The van der Waals surface area contributed by atoms with Crippen LogP contribution in [0.5, 0.6) is 0 Å². The normalized spacial score (nSPS) is 22.1. The molecule has 132 valence electrons. The lowest BCUT2D eigenvalue weighted by atomic mass is 9.97. The lowest BCUT2D eigenvalue weighted by molar-refractivity contribution is 0.0895. The lowest BCUT2D eigenvalue weighted by Gasteiger charge is -2.19. The Balaban J connectivity index is 1.56. The molecule has 0 aliphatic carbocycles. The third-order valence-electron chi connectivity index (χ3n) is 4.53. The Hall–Kier alpha value is -1.73. The summed E-state index contributed by atoms with van der Waals surface area (Å²) in [4.78, 5) is 4.45. The number of aromatic nitrogens is 4. The molecule has 0 bridgehead atoms. The monoisotopic (exact) mass is 333 g/mol. The highest BCUT2D eigenvalue weighted by atomic mass is 16.5. The van der Waals surface area contributed by atoms with E-state index in [1.54, 1.807) is 0 Å². The summed E-state index contributed by atoms with van der Waals surface area (Å²) in [7, 11) is 0. The molecule has 3 atom stereocenters. The summed E-state index contributed by atoms with van der Waals surface area (Å²) in [6.45, 7) is 8.79. The predicted molar refractivity (Wildman–Crippen MR) is 89.4 cm³/mol. The number of ether oxygens (including phenoxy) is 1. The van der Waals surface area contributed by atoms with Crippen molar-refractivity contribution in [2.24, 2.45) is 5.92 Å². The topological polar surface area (TPSA) is 78.0 Å². The van der Waals surface area contributed by atoms with Gasteiger partial charge < -0.3 is 14.6 Å². The Morgan fingerprint density at radius 2 is 2.29 bits per heavy atom. The van der Waals surface area contributed by atoms with Gasteiger partial charge in [-0.25, -0.2) is 0 Å². The van der Waals surface area contributed by atoms with Crippen LogP contribution in [0.15, 0.2) is 16.9 Å². The molecule has 3 heterocycles. The van der Waals surface area contributed by atoms with Gasteiger partial charge >= 0.3 is 0 Å². The van der Waals surface area contributed by atoms with Gasteiger partial charge in [-0.2, -0.15) is 10.1 Å². The summed E-state index contributed by atoms with van der Waals surface area (Å²) < 4.78 is 13.2. The molecule has 1 aliphatic rings. The number of hydrogen-bond donors (Lipinski definition) is 1. The fraction of sp³-hybridized carbons (Fsp3) is 0.706. The Morgan fingerprint density at radius 3 is 3.04 bits per heavy atom. The summed E-state index contributed by atoms with van der Waals surface area (Å²) in [5.41, 5.74) is 1.16. The fourth-order valence-corrected chi connectivity index (χ4v) is 3.09. The molecule has 0 amide bonds. The molecule has 7 nitrogen and oxygen atoms in total. The smallest absolute Gasteiger partial charge is 0.243 e. The number of nitrogens with one attached hydrogen (secondary N) is 1. The maximum Gasteiger partial charge on any atom is 0.243 e. The first-order valence-corrected chi connectivity index (χ1v) is 8.91. The van der Waals surface area contributed by atoms with Crippen LogP contribution in [0, 0.1) is 5.92 Å². The van der Waals surface area contributed by atoms with Crippen molar-refractivity contribution in [3.63, 3.8) is 0 Å². The van der Waals surface area contributed by atoms with E-state index in [-0.39, 0.29) is 12.1 Å². The number of aryl methyl sites for hydroxylation is 2. The maximum atomic E-state index is 5.94. The first kappa shape index (κ1) is 17.1. The molecule has 1 saturated heterocycles. The van der Waals surface area contributed by atoms with Gasteiger partial charge in [-0.1, -0.05) is 12.1 Å². The van der Waals surface area contributed by atoms with Crippen molar-refractivity contribution >= 4 is 0 Å². The van der Waals surface area contributed by atoms with Crippen molar-refractivity contribution in [3.05, 3.63) is 29.7 Å². The van der Waals surface area contributed by atoms with Crippen molar-refractivity contribution in [2.75, 3.05) is 13.2 Å². The van der Waals surface area contributed by atoms with Crippen LogP contribution in [0.25, 0.3) is 0 Å². The zero-order valence-electron chi connectivity index (χ0n) is 14.7. The van der Waals surface area contributed by atoms with E-state index in [0.717, 1.165) is 50.3 Å². The van der Waals surface area contributed by atoms with Crippen molar-refractivity contribution in [2.45, 2.75) is 58.7 Å². The van der Waals surface area contributed by atoms with E-state index in [4.69, 9.17) is 9.26 Å². The molecule has 0 unspecified atom stereocenters. The molecule has 0 spiro atoms. The average molecular weight is 333 g/mol. The van der Waals surface area contributed by atoms with Gasteiger partial charge in [0, 0.05) is 43.8 Å². The number of nitrogens with zero attached hydrogens (tertiary/aromatic N) is 4. The highest BCUT2D eigenvalue weighted by Gasteiger charge is 2.31. The van der Waals surface area contributed by atoms with Crippen LogP contribution in [0.2, 0.25) is 0 Å².